The Kier molecular flexibility index (Phi) is 11.2. The summed E-state index contributed by atoms with van der Waals surface area (Å²) in [5.41, 5.74) is 17.4. The van der Waals surface area contributed by atoms with Gasteiger partial charge in [0, 0.05) is 47.5 Å². The molecule has 0 atom stereocenters. The SMILES string of the molecule is C=C(COC(=O)C(=C)C)Nc1ccc([C+](c2ccc(N(C)c3c(C)cc(C)cc3C)cc2)c2ccc(N(C)c3c(C)cc(C)cc3C)cc2)c2ccccc12. The van der Waals surface area contributed by atoms with Gasteiger partial charge < -0.3 is 19.9 Å². The van der Waals surface area contributed by atoms with Gasteiger partial charge in [-0.1, -0.05) is 60.7 Å². The standard InChI is InChI=1S/C50H52N3O2/c1-31(2)50(54)55-30-38(9)51-46-25-24-45(43-14-12-13-15-44(43)46)47(39-16-20-41(21-17-39)52(10)48-34(5)26-32(3)27-35(48)6)40-18-22-42(23-19-40)53(11)49-36(7)28-33(4)29-37(49)8/h12-29,51H,1,9,30H2,2-8,10-11H3/q+1. The lowest BCUT2D eigenvalue weighted by atomic mass is 9.82. The number of carbonyl (C=O) groups excluding carboxylic acids is 1. The first-order valence-corrected chi connectivity index (χ1v) is 18.7. The van der Waals surface area contributed by atoms with Crippen molar-refractivity contribution in [2.75, 3.05) is 35.8 Å². The van der Waals surface area contributed by atoms with Crippen molar-refractivity contribution in [3.63, 3.8) is 0 Å². The van der Waals surface area contributed by atoms with E-state index in [-0.39, 0.29) is 6.61 Å². The second-order valence-electron chi connectivity index (χ2n) is 14.9. The van der Waals surface area contributed by atoms with Crippen LogP contribution in [-0.4, -0.2) is 26.7 Å². The predicted octanol–water partition coefficient (Wildman–Crippen LogP) is 12.3. The van der Waals surface area contributed by atoms with Gasteiger partial charge in [-0.15, -0.1) is 0 Å². The lowest BCUT2D eigenvalue weighted by molar-refractivity contribution is -0.137. The summed E-state index contributed by atoms with van der Waals surface area (Å²) in [6.07, 6.45) is 0. The minimum atomic E-state index is -0.440. The molecule has 278 valence electrons. The molecule has 5 heteroatoms. The number of ether oxygens (including phenoxy) is 1. The Bertz CT molecular complexity index is 2250. The van der Waals surface area contributed by atoms with Crippen molar-refractivity contribution in [3.05, 3.63) is 190 Å². The molecule has 6 aromatic carbocycles. The molecule has 0 bridgehead atoms. The number of nitrogens with zero attached hydrogens (tertiary/aromatic N) is 2. The van der Waals surface area contributed by atoms with E-state index < -0.39 is 5.97 Å². The molecular weight excluding hydrogens is 675 g/mol. The molecule has 0 saturated carbocycles. The summed E-state index contributed by atoms with van der Waals surface area (Å²) in [5, 5.41) is 5.53. The lowest BCUT2D eigenvalue weighted by Crippen LogP contribution is -2.14. The maximum atomic E-state index is 12.0. The van der Waals surface area contributed by atoms with E-state index >= 15 is 0 Å². The van der Waals surface area contributed by atoms with Crippen LogP contribution in [0.25, 0.3) is 10.8 Å². The predicted molar refractivity (Wildman–Crippen MR) is 233 cm³/mol. The minimum Gasteiger partial charge on any atom is -0.456 e. The van der Waals surface area contributed by atoms with E-state index in [1.807, 2.05) is 6.07 Å². The quantitative estimate of drug-likeness (QED) is 0.0589. The van der Waals surface area contributed by atoms with Gasteiger partial charge in [-0.25, -0.2) is 4.79 Å². The van der Waals surface area contributed by atoms with E-state index in [1.165, 1.54) is 44.8 Å². The summed E-state index contributed by atoms with van der Waals surface area (Å²) in [6.45, 7) is 22.5. The van der Waals surface area contributed by atoms with Gasteiger partial charge in [0.1, 0.15) is 6.61 Å². The molecule has 0 aliphatic heterocycles. The Morgan fingerprint density at radius 2 is 1.07 bits per heavy atom. The van der Waals surface area contributed by atoms with E-state index in [2.05, 4.69) is 187 Å². The second kappa shape index (κ2) is 16.0. The van der Waals surface area contributed by atoms with Gasteiger partial charge >= 0.3 is 5.97 Å². The molecule has 0 aliphatic carbocycles. The highest BCUT2D eigenvalue weighted by Crippen LogP contribution is 2.41. The van der Waals surface area contributed by atoms with Crippen molar-refractivity contribution in [1.82, 2.24) is 0 Å². The van der Waals surface area contributed by atoms with Gasteiger partial charge in [0.15, 0.2) is 0 Å². The fraction of sp³-hybridized carbons (Fsp3) is 0.200. The molecule has 0 amide bonds. The third-order valence-electron chi connectivity index (χ3n) is 10.3. The molecule has 55 heavy (non-hydrogen) atoms. The van der Waals surface area contributed by atoms with E-state index in [0.29, 0.717) is 11.3 Å². The van der Waals surface area contributed by atoms with Crippen LogP contribution in [0.2, 0.25) is 0 Å². The summed E-state index contributed by atoms with van der Waals surface area (Å²) < 4.78 is 5.36. The number of aryl methyl sites for hydroxylation is 6. The first kappa shape index (κ1) is 38.5. The zero-order valence-corrected chi connectivity index (χ0v) is 33.7. The van der Waals surface area contributed by atoms with Crippen molar-refractivity contribution < 1.29 is 9.53 Å². The van der Waals surface area contributed by atoms with Crippen LogP contribution in [0.3, 0.4) is 0 Å². The van der Waals surface area contributed by atoms with Gasteiger partial charge in [0.05, 0.1) is 39.7 Å². The second-order valence-corrected chi connectivity index (χ2v) is 14.9. The summed E-state index contributed by atoms with van der Waals surface area (Å²) in [7, 11) is 4.28. The monoisotopic (exact) mass is 726 g/mol. The first-order chi connectivity index (χ1) is 26.2. The van der Waals surface area contributed by atoms with Crippen LogP contribution in [0.5, 0.6) is 0 Å². The number of hydrogen-bond acceptors (Lipinski definition) is 5. The van der Waals surface area contributed by atoms with E-state index in [0.717, 1.165) is 50.4 Å². The Labute approximate surface area is 327 Å². The molecule has 5 nitrogen and oxygen atoms in total. The minimum absolute atomic E-state index is 0.0456. The Morgan fingerprint density at radius 1 is 0.636 bits per heavy atom. The average Bonchev–Trinajstić information content (AvgIpc) is 3.14. The number of fused-ring (bicyclic) bond motifs is 1. The molecule has 0 unspecified atom stereocenters. The van der Waals surface area contributed by atoms with Crippen LogP contribution in [-0.2, 0) is 9.53 Å². The first-order valence-electron chi connectivity index (χ1n) is 18.7. The zero-order chi connectivity index (χ0) is 39.6. The summed E-state index contributed by atoms with van der Waals surface area (Å²) >= 11 is 0. The molecular formula is C50H52N3O2+. The zero-order valence-electron chi connectivity index (χ0n) is 33.7. The van der Waals surface area contributed by atoms with Crippen molar-refractivity contribution >= 4 is 45.2 Å². The molecule has 0 aromatic heterocycles. The number of carbonyl (C=O) groups is 1. The highest BCUT2D eigenvalue weighted by molar-refractivity contribution is 5.99. The summed E-state index contributed by atoms with van der Waals surface area (Å²) in [6, 6.07) is 39.4. The molecule has 0 aliphatic rings. The van der Waals surface area contributed by atoms with E-state index in [9.17, 15) is 4.79 Å². The smallest absolute Gasteiger partial charge is 0.333 e. The van der Waals surface area contributed by atoms with Gasteiger partial charge in [-0.2, -0.15) is 0 Å². The Hall–Kier alpha value is -6.20. The number of esters is 1. The van der Waals surface area contributed by atoms with Crippen molar-refractivity contribution in [1.29, 1.82) is 0 Å². The van der Waals surface area contributed by atoms with Gasteiger partial charge in [-0.3, -0.25) is 0 Å². The number of anilines is 5. The molecule has 1 N–H and O–H groups in total. The van der Waals surface area contributed by atoms with Crippen molar-refractivity contribution in [2.45, 2.75) is 48.5 Å². The van der Waals surface area contributed by atoms with E-state index in [1.54, 1.807) is 6.92 Å². The topological polar surface area (TPSA) is 44.8 Å². The van der Waals surface area contributed by atoms with Crippen LogP contribution in [0.4, 0.5) is 28.4 Å². The maximum absolute atomic E-state index is 12.0. The highest BCUT2D eigenvalue weighted by atomic mass is 16.5. The normalized spacial score (nSPS) is 10.9. The number of benzene rings is 6. The third kappa shape index (κ3) is 8.17. The Balaban J connectivity index is 1.42. The number of nitrogens with one attached hydrogen (secondary N) is 1. The van der Waals surface area contributed by atoms with Gasteiger partial charge in [0.2, 0.25) is 0 Å². The highest BCUT2D eigenvalue weighted by Gasteiger charge is 2.27. The van der Waals surface area contributed by atoms with E-state index in [4.69, 9.17) is 4.74 Å². The molecule has 6 aromatic rings. The van der Waals surface area contributed by atoms with Gasteiger partial charge in [-0.05, 0) is 144 Å². The molecule has 0 radical (unpaired) electrons. The van der Waals surface area contributed by atoms with Crippen LogP contribution < -0.4 is 15.1 Å². The number of rotatable bonds is 12. The van der Waals surface area contributed by atoms with Crippen LogP contribution in [0.15, 0.2) is 134 Å². The average molecular weight is 727 g/mol. The van der Waals surface area contributed by atoms with Crippen LogP contribution >= 0.6 is 0 Å². The van der Waals surface area contributed by atoms with Crippen molar-refractivity contribution in [2.24, 2.45) is 0 Å². The summed E-state index contributed by atoms with van der Waals surface area (Å²) in [5.74, 6) is 0.691. The van der Waals surface area contributed by atoms with Crippen LogP contribution in [0, 0.1) is 47.5 Å². The van der Waals surface area contributed by atoms with Crippen molar-refractivity contribution in [3.8, 4) is 0 Å². The molecule has 0 heterocycles. The lowest BCUT2D eigenvalue weighted by Gasteiger charge is -2.25. The molecule has 0 saturated heterocycles. The molecule has 6 rings (SSSR count). The fourth-order valence-corrected chi connectivity index (χ4v) is 7.97. The Morgan fingerprint density at radius 3 is 1.51 bits per heavy atom. The third-order valence-corrected chi connectivity index (χ3v) is 10.3. The molecule has 0 fully saturated rings. The fourth-order valence-electron chi connectivity index (χ4n) is 7.97. The molecule has 0 spiro atoms. The maximum Gasteiger partial charge on any atom is 0.333 e. The van der Waals surface area contributed by atoms with Crippen LogP contribution in [0.1, 0.15) is 57.0 Å². The van der Waals surface area contributed by atoms with Gasteiger partial charge in [0.25, 0.3) is 0 Å². The number of hydrogen-bond donors (Lipinski definition) is 1. The summed E-state index contributed by atoms with van der Waals surface area (Å²) in [4.78, 5) is 16.6. The largest absolute Gasteiger partial charge is 0.456 e.